The number of hydrogen-bond donors (Lipinski definition) is 2. The number of hydrogen-bond acceptors (Lipinski definition) is 5. The average molecular weight is 454 g/mol. The number of nitrogens with one attached hydrogen (secondary N) is 2. The van der Waals surface area contributed by atoms with Gasteiger partial charge in [0.1, 0.15) is 6.07 Å². The van der Waals surface area contributed by atoms with Crippen LogP contribution in [0.4, 0.5) is 17.1 Å². The largest absolute Gasteiger partial charge is 0.378 e. The second-order valence-corrected chi connectivity index (χ2v) is 8.40. The van der Waals surface area contributed by atoms with Crippen molar-refractivity contribution in [3.05, 3.63) is 89.5 Å². The van der Waals surface area contributed by atoms with Gasteiger partial charge < -0.3 is 20.4 Å². The molecule has 1 aliphatic heterocycles. The molecule has 0 aliphatic carbocycles. The molecule has 2 amide bonds. The minimum absolute atomic E-state index is 0.136. The van der Waals surface area contributed by atoms with E-state index in [4.69, 9.17) is 0 Å². The Hall–Kier alpha value is -4.31. The highest BCUT2D eigenvalue weighted by Crippen LogP contribution is 2.35. The Morgan fingerprint density at radius 1 is 1.00 bits per heavy atom. The molecular weight excluding hydrogens is 426 g/mol. The average Bonchev–Trinajstić information content (AvgIpc) is 3.28. The molecule has 4 rings (SSSR count). The van der Waals surface area contributed by atoms with E-state index < -0.39 is 11.8 Å². The first-order chi connectivity index (χ1) is 16.5. The lowest BCUT2D eigenvalue weighted by molar-refractivity contribution is -0.136. The van der Waals surface area contributed by atoms with Gasteiger partial charge in [0.05, 0.1) is 17.3 Å². The molecule has 3 aromatic rings. The Balaban J connectivity index is 1.52. The maximum atomic E-state index is 12.7. The Labute approximate surface area is 199 Å². The molecule has 0 spiro atoms. The molecule has 7 nitrogen and oxygen atoms in total. The standard InChI is InChI=1S/C27H27N5O2/c1-31(2)22-13-11-20(12-14-22)25(32-16-15-19-7-4-6-10-24(19)32)18-29-26(33)27(34)30-23-9-5-3-8-21(23)17-28/h3-14,25H,15-16,18H2,1-2H3,(H,29,33)(H,30,34)/t25-/m1/s1. The van der Waals surface area contributed by atoms with Gasteiger partial charge in [0.2, 0.25) is 0 Å². The molecule has 0 saturated carbocycles. The van der Waals surface area contributed by atoms with Crippen molar-refractivity contribution in [2.45, 2.75) is 12.5 Å². The van der Waals surface area contributed by atoms with Crippen LogP contribution in [0.25, 0.3) is 0 Å². The van der Waals surface area contributed by atoms with Crippen LogP contribution in [-0.4, -0.2) is 39.0 Å². The molecule has 2 N–H and O–H groups in total. The minimum Gasteiger partial charge on any atom is -0.378 e. The monoisotopic (exact) mass is 453 g/mol. The van der Waals surface area contributed by atoms with Crippen LogP contribution in [0.2, 0.25) is 0 Å². The summed E-state index contributed by atoms with van der Waals surface area (Å²) in [7, 11) is 3.99. The normalized spacial score (nSPS) is 12.9. The van der Waals surface area contributed by atoms with Crippen molar-refractivity contribution in [3.8, 4) is 6.07 Å². The van der Waals surface area contributed by atoms with E-state index in [-0.39, 0.29) is 12.6 Å². The number of amides is 2. The lowest BCUT2D eigenvalue weighted by Crippen LogP contribution is -2.41. The molecule has 172 valence electrons. The van der Waals surface area contributed by atoms with E-state index in [0.29, 0.717) is 11.3 Å². The van der Waals surface area contributed by atoms with Crippen molar-refractivity contribution >= 4 is 28.9 Å². The fraction of sp³-hybridized carbons (Fsp3) is 0.222. The predicted molar refractivity (Wildman–Crippen MR) is 134 cm³/mol. The predicted octanol–water partition coefficient (Wildman–Crippen LogP) is 3.48. The van der Waals surface area contributed by atoms with E-state index in [0.717, 1.165) is 29.9 Å². The maximum Gasteiger partial charge on any atom is 0.313 e. The van der Waals surface area contributed by atoms with Gasteiger partial charge in [0.15, 0.2) is 0 Å². The molecule has 1 atom stereocenters. The van der Waals surface area contributed by atoms with E-state index in [1.54, 1.807) is 24.3 Å². The van der Waals surface area contributed by atoms with Crippen LogP contribution in [0, 0.1) is 11.3 Å². The van der Waals surface area contributed by atoms with Crippen molar-refractivity contribution in [2.75, 3.05) is 42.3 Å². The van der Waals surface area contributed by atoms with E-state index >= 15 is 0 Å². The molecule has 0 aromatic heterocycles. The van der Waals surface area contributed by atoms with Crippen LogP contribution in [0.5, 0.6) is 0 Å². The van der Waals surface area contributed by atoms with Gasteiger partial charge in [0.25, 0.3) is 0 Å². The smallest absolute Gasteiger partial charge is 0.313 e. The highest BCUT2D eigenvalue weighted by Gasteiger charge is 2.28. The lowest BCUT2D eigenvalue weighted by Gasteiger charge is -2.31. The van der Waals surface area contributed by atoms with Crippen molar-refractivity contribution in [2.24, 2.45) is 0 Å². The minimum atomic E-state index is -0.800. The van der Waals surface area contributed by atoms with Crippen molar-refractivity contribution in [1.29, 1.82) is 5.26 Å². The zero-order valence-electron chi connectivity index (χ0n) is 19.3. The molecule has 7 heteroatoms. The Morgan fingerprint density at radius 2 is 1.71 bits per heavy atom. The summed E-state index contributed by atoms with van der Waals surface area (Å²) in [6.07, 6.45) is 0.932. The van der Waals surface area contributed by atoms with Crippen LogP contribution in [0.15, 0.2) is 72.8 Å². The fourth-order valence-corrected chi connectivity index (χ4v) is 4.23. The zero-order chi connectivity index (χ0) is 24.1. The first-order valence-corrected chi connectivity index (χ1v) is 11.2. The van der Waals surface area contributed by atoms with E-state index in [2.05, 4.69) is 51.9 Å². The number of para-hydroxylation sites is 2. The molecule has 0 radical (unpaired) electrons. The first kappa shape index (κ1) is 22.9. The molecule has 0 saturated heterocycles. The summed E-state index contributed by atoms with van der Waals surface area (Å²) in [4.78, 5) is 29.5. The molecule has 0 unspecified atom stereocenters. The molecular formula is C27H27N5O2. The third-order valence-corrected chi connectivity index (χ3v) is 6.05. The Kier molecular flexibility index (Phi) is 6.79. The molecule has 34 heavy (non-hydrogen) atoms. The second-order valence-electron chi connectivity index (χ2n) is 8.40. The number of nitrogens with zero attached hydrogens (tertiary/aromatic N) is 3. The molecule has 1 heterocycles. The van der Waals surface area contributed by atoms with Crippen LogP contribution < -0.4 is 20.4 Å². The Morgan fingerprint density at radius 3 is 2.44 bits per heavy atom. The van der Waals surface area contributed by atoms with Gasteiger partial charge in [-0.15, -0.1) is 0 Å². The van der Waals surface area contributed by atoms with Gasteiger partial charge in [-0.25, -0.2) is 0 Å². The molecule has 0 bridgehead atoms. The number of rotatable bonds is 6. The summed E-state index contributed by atoms with van der Waals surface area (Å²) >= 11 is 0. The van der Waals surface area contributed by atoms with Crippen molar-refractivity contribution in [1.82, 2.24) is 5.32 Å². The lowest BCUT2D eigenvalue weighted by atomic mass is 10.0. The fourth-order valence-electron chi connectivity index (χ4n) is 4.23. The van der Waals surface area contributed by atoms with E-state index in [1.807, 2.05) is 37.2 Å². The van der Waals surface area contributed by atoms with Crippen LogP contribution in [0.3, 0.4) is 0 Å². The SMILES string of the molecule is CN(C)c1ccc([C@@H](CNC(=O)C(=O)Nc2ccccc2C#N)N2CCc3ccccc32)cc1. The quantitative estimate of drug-likeness (QED) is 0.558. The maximum absolute atomic E-state index is 12.7. The summed E-state index contributed by atoms with van der Waals surface area (Å²) < 4.78 is 0. The third-order valence-electron chi connectivity index (χ3n) is 6.05. The molecule has 0 fully saturated rings. The number of nitriles is 1. The van der Waals surface area contributed by atoms with Gasteiger partial charge in [0, 0.05) is 38.6 Å². The molecule has 1 aliphatic rings. The van der Waals surface area contributed by atoms with Gasteiger partial charge in [-0.3, -0.25) is 9.59 Å². The number of carbonyl (C=O) groups is 2. The zero-order valence-corrected chi connectivity index (χ0v) is 19.3. The highest BCUT2D eigenvalue weighted by molar-refractivity contribution is 6.39. The van der Waals surface area contributed by atoms with E-state index in [1.165, 1.54) is 5.56 Å². The topological polar surface area (TPSA) is 88.5 Å². The summed E-state index contributed by atoms with van der Waals surface area (Å²) in [5.41, 5.74) is 5.17. The van der Waals surface area contributed by atoms with Gasteiger partial charge in [-0.05, 0) is 47.9 Å². The van der Waals surface area contributed by atoms with Crippen molar-refractivity contribution < 1.29 is 9.59 Å². The third kappa shape index (κ3) is 4.86. The second kappa shape index (κ2) is 10.1. The van der Waals surface area contributed by atoms with Gasteiger partial charge in [-0.2, -0.15) is 5.26 Å². The van der Waals surface area contributed by atoms with Crippen LogP contribution >= 0.6 is 0 Å². The number of anilines is 3. The van der Waals surface area contributed by atoms with Gasteiger partial charge >= 0.3 is 11.8 Å². The number of benzene rings is 3. The number of fused-ring (bicyclic) bond motifs is 1. The van der Waals surface area contributed by atoms with E-state index in [9.17, 15) is 14.9 Å². The Bertz CT molecular complexity index is 1230. The number of carbonyl (C=O) groups excluding carboxylic acids is 2. The summed E-state index contributed by atoms with van der Waals surface area (Å²) in [5.74, 6) is -1.54. The summed E-state index contributed by atoms with van der Waals surface area (Å²) in [5, 5.41) is 14.6. The van der Waals surface area contributed by atoms with Crippen LogP contribution in [-0.2, 0) is 16.0 Å². The van der Waals surface area contributed by atoms with Gasteiger partial charge in [-0.1, -0.05) is 42.5 Å². The van der Waals surface area contributed by atoms with Crippen molar-refractivity contribution in [3.63, 3.8) is 0 Å². The van der Waals surface area contributed by atoms with Crippen LogP contribution in [0.1, 0.15) is 22.7 Å². The highest BCUT2D eigenvalue weighted by atomic mass is 16.2. The summed E-state index contributed by atoms with van der Waals surface area (Å²) in [6, 6.07) is 25.0. The first-order valence-electron chi connectivity index (χ1n) is 11.2. The summed E-state index contributed by atoms with van der Waals surface area (Å²) in [6.45, 7) is 1.10. The molecule has 3 aromatic carbocycles.